The maximum atomic E-state index is 10.2. The van der Waals surface area contributed by atoms with Gasteiger partial charge in [-0.1, -0.05) is 6.58 Å². The number of methoxy groups -OCH3 is 1. The number of hydrogen-bond donors (Lipinski definition) is 2. The Morgan fingerprint density at radius 1 is 1.42 bits per heavy atom. The quantitative estimate of drug-likeness (QED) is 0.467. The van der Waals surface area contributed by atoms with Crippen LogP contribution in [0.3, 0.4) is 0 Å². The van der Waals surface area contributed by atoms with Gasteiger partial charge in [-0.2, -0.15) is 0 Å². The summed E-state index contributed by atoms with van der Waals surface area (Å²) in [5.41, 5.74) is 10.6. The van der Waals surface area contributed by atoms with Gasteiger partial charge in [0.2, 0.25) is 0 Å². The van der Waals surface area contributed by atoms with E-state index in [9.17, 15) is 4.79 Å². The number of carbonyl (C=O) groups excluding carboxylic acids is 1. The molecule has 4 N–H and O–H groups in total. The van der Waals surface area contributed by atoms with Gasteiger partial charge in [0.05, 0.1) is 7.11 Å². The minimum Gasteiger partial charge on any atom is -0.466 e. The summed E-state index contributed by atoms with van der Waals surface area (Å²) in [5.74, 6) is -0.347. The summed E-state index contributed by atoms with van der Waals surface area (Å²) < 4.78 is 4.27. The van der Waals surface area contributed by atoms with Crippen molar-refractivity contribution in [3.05, 3.63) is 12.2 Å². The summed E-state index contributed by atoms with van der Waals surface area (Å²) in [7, 11) is 1.33. The van der Waals surface area contributed by atoms with Crippen LogP contribution >= 0.6 is 0 Å². The first-order valence-electron chi connectivity index (χ1n) is 3.74. The van der Waals surface area contributed by atoms with E-state index in [1.165, 1.54) is 7.11 Å². The van der Waals surface area contributed by atoms with Gasteiger partial charge in [-0.15, -0.1) is 0 Å². The Kier molecular flexibility index (Phi) is 11.6. The highest BCUT2D eigenvalue weighted by Crippen LogP contribution is 1.87. The van der Waals surface area contributed by atoms with Crippen LogP contribution in [-0.2, 0) is 9.53 Å². The van der Waals surface area contributed by atoms with E-state index in [0.29, 0.717) is 5.57 Å². The molecule has 0 spiro atoms. The van der Waals surface area contributed by atoms with Crippen molar-refractivity contribution < 1.29 is 9.53 Å². The fourth-order valence-corrected chi connectivity index (χ4v) is 0.292. The van der Waals surface area contributed by atoms with Crippen LogP contribution in [0.25, 0.3) is 0 Å². The minimum atomic E-state index is -0.347. The van der Waals surface area contributed by atoms with Gasteiger partial charge in [-0.05, 0) is 26.4 Å². The van der Waals surface area contributed by atoms with Crippen molar-refractivity contribution in [3.63, 3.8) is 0 Å². The second kappa shape index (κ2) is 10.1. The molecule has 0 bridgehead atoms. The van der Waals surface area contributed by atoms with E-state index in [1.54, 1.807) is 6.92 Å². The predicted octanol–water partition coefficient (Wildman–Crippen LogP) is 0.0294. The fraction of sp³-hybridized carbons (Fsp3) is 0.625. The van der Waals surface area contributed by atoms with Crippen LogP contribution in [0.4, 0.5) is 0 Å². The van der Waals surface area contributed by atoms with Crippen molar-refractivity contribution in [1.29, 1.82) is 0 Å². The molecule has 0 aliphatic rings. The average Bonchev–Trinajstić information content (AvgIpc) is 2.05. The number of rotatable bonds is 3. The third-order valence-corrected chi connectivity index (χ3v) is 0.942. The van der Waals surface area contributed by atoms with Crippen molar-refractivity contribution in [2.75, 3.05) is 20.2 Å². The average molecular weight is 174 g/mol. The van der Waals surface area contributed by atoms with Gasteiger partial charge in [0.15, 0.2) is 0 Å². The van der Waals surface area contributed by atoms with E-state index < -0.39 is 0 Å². The highest BCUT2D eigenvalue weighted by Gasteiger charge is 1.95. The van der Waals surface area contributed by atoms with E-state index in [0.717, 1.165) is 19.5 Å². The largest absolute Gasteiger partial charge is 0.466 e. The summed E-state index contributed by atoms with van der Waals surface area (Å²) in [6.07, 6.45) is 0.944. The van der Waals surface area contributed by atoms with Crippen LogP contribution in [0.1, 0.15) is 13.3 Å². The van der Waals surface area contributed by atoms with Crippen LogP contribution in [0.15, 0.2) is 12.2 Å². The summed E-state index contributed by atoms with van der Waals surface area (Å²) in [5, 5.41) is 0. The second-order valence-corrected chi connectivity index (χ2v) is 2.20. The molecule has 0 saturated carbocycles. The molecule has 12 heavy (non-hydrogen) atoms. The molecule has 0 radical (unpaired) electrons. The number of nitrogens with two attached hydrogens (primary N) is 2. The Morgan fingerprint density at radius 3 is 1.83 bits per heavy atom. The van der Waals surface area contributed by atoms with Crippen molar-refractivity contribution in [1.82, 2.24) is 0 Å². The van der Waals surface area contributed by atoms with Gasteiger partial charge >= 0.3 is 5.97 Å². The molecule has 72 valence electrons. The first kappa shape index (κ1) is 13.7. The first-order valence-corrected chi connectivity index (χ1v) is 3.74. The molecule has 0 heterocycles. The molecule has 0 aliphatic heterocycles. The van der Waals surface area contributed by atoms with E-state index in [2.05, 4.69) is 11.3 Å². The van der Waals surface area contributed by atoms with Gasteiger partial charge in [-0.3, -0.25) is 0 Å². The van der Waals surface area contributed by atoms with Crippen molar-refractivity contribution in [2.45, 2.75) is 13.3 Å². The summed E-state index contributed by atoms with van der Waals surface area (Å²) in [6.45, 7) is 6.39. The molecule has 0 fully saturated rings. The summed E-state index contributed by atoms with van der Waals surface area (Å²) in [4.78, 5) is 10.2. The van der Waals surface area contributed by atoms with Gasteiger partial charge in [0, 0.05) is 5.57 Å². The third kappa shape index (κ3) is 11.9. The predicted molar refractivity (Wildman–Crippen MR) is 49.6 cm³/mol. The van der Waals surface area contributed by atoms with Crippen LogP contribution < -0.4 is 11.5 Å². The van der Waals surface area contributed by atoms with Crippen LogP contribution in [0.2, 0.25) is 0 Å². The fourth-order valence-electron chi connectivity index (χ4n) is 0.292. The van der Waals surface area contributed by atoms with E-state index in [1.807, 2.05) is 0 Å². The Bertz CT molecular complexity index is 133. The maximum Gasteiger partial charge on any atom is 0.332 e. The maximum absolute atomic E-state index is 10.2. The standard InChI is InChI=1S/C5H8O2.C3H10N2/c1-4(2)5(6)7-3;4-2-1-3-5/h1H2,2-3H3;1-5H2. The topological polar surface area (TPSA) is 78.3 Å². The lowest BCUT2D eigenvalue weighted by atomic mass is 10.4. The molecular formula is C8H18N2O2. The van der Waals surface area contributed by atoms with Crippen molar-refractivity contribution in [2.24, 2.45) is 11.5 Å². The Balaban J connectivity index is 0. The number of esters is 1. The molecule has 4 heteroatoms. The normalized spacial score (nSPS) is 8.00. The zero-order valence-electron chi connectivity index (χ0n) is 7.80. The van der Waals surface area contributed by atoms with Gasteiger partial charge in [-0.25, -0.2) is 4.79 Å². The van der Waals surface area contributed by atoms with E-state index in [-0.39, 0.29) is 5.97 Å². The van der Waals surface area contributed by atoms with Crippen molar-refractivity contribution in [3.8, 4) is 0 Å². The third-order valence-electron chi connectivity index (χ3n) is 0.942. The molecule has 0 rings (SSSR count). The van der Waals surface area contributed by atoms with Crippen LogP contribution in [-0.4, -0.2) is 26.2 Å². The lowest BCUT2D eigenvalue weighted by Crippen LogP contribution is -2.06. The first-order chi connectivity index (χ1) is 5.59. The molecular weight excluding hydrogens is 156 g/mol. The lowest BCUT2D eigenvalue weighted by Gasteiger charge is -1.91. The zero-order chi connectivity index (χ0) is 9.98. The Morgan fingerprint density at radius 2 is 1.83 bits per heavy atom. The molecule has 4 nitrogen and oxygen atoms in total. The molecule has 0 amide bonds. The molecule has 0 saturated heterocycles. The SMILES string of the molecule is C=C(C)C(=O)OC.NCCCN. The smallest absolute Gasteiger partial charge is 0.332 e. The highest BCUT2D eigenvalue weighted by atomic mass is 16.5. The number of hydrogen-bond acceptors (Lipinski definition) is 4. The zero-order valence-corrected chi connectivity index (χ0v) is 7.80. The highest BCUT2D eigenvalue weighted by molar-refractivity contribution is 5.86. The monoisotopic (exact) mass is 174 g/mol. The lowest BCUT2D eigenvalue weighted by molar-refractivity contribution is -0.136. The van der Waals surface area contributed by atoms with Crippen LogP contribution in [0.5, 0.6) is 0 Å². The van der Waals surface area contributed by atoms with Crippen molar-refractivity contribution >= 4 is 5.97 Å². The summed E-state index contributed by atoms with van der Waals surface area (Å²) >= 11 is 0. The van der Waals surface area contributed by atoms with Gasteiger partial charge in [0.25, 0.3) is 0 Å². The number of ether oxygens (including phenoxy) is 1. The minimum absolute atomic E-state index is 0.347. The molecule has 0 atom stereocenters. The molecule has 0 aromatic rings. The van der Waals surface area contributed by atoms with Crippen LogP contribution in [0, 0.1) is 0 Å². The Labute approximate surface area is 73.6 Å². The van der Waals surface area contributed by atoms with E-state index in [4.69, 9.17) is 11.5 Å². The van der Waals surface area contributed by atoms with Gasteiger partial charge < -0.3 is 16.2 Å². The second-order valence-electron chi connectivity index (χ2n) is 2.20. The molecule has 0 aromatic heterocycles. The molecule has 0 aliphatic carbocycles. The Hall–Kier alpha value is -0.870. The summed E-state index contributed by atoms with van der Waals surface area (Å²) in [6, 6.07) is 0. The molecule has 0 unspecified atom stereocenters. The van der Waals surface area contributed by atoms with Gasteiger partial charge in [0.1, 0.15) is 0 Å². The van der Waals surface area contributed by atoms with E-state index >= 15 is 0 Å². The molecule has 0 aromatic carbocycles. The number of carbonyl (C=O) groups is 1.